The van der Waals surface area contributed by atoms with Gasteiger partial charge in [0.25, 0.3) is 5.91 Å². The molecule has 0 spiro atoms. The number of carbonyl (C=O) groups excluding carboxylic acids is 1. The minimum Gasteiger partial charge on any atom is -0.493 e. The first-order valence-electron chi connectivity index (χ1n) is 11.8. The topological polar surface area (TPSA) is 76.1 Å². The van der Waals surface area contributed by atoms with Crippen molar-refractivity contribution in [1.82, 2.24) is 4.90 Å². The highest BCUT2D eigenvalue weighted by Crippen LogP contribution is 2.39. The van der Waals surface area contributed by atoms with Gasteiger partial charge in [-0.05, 0) is 35.8 Å². The summed E-state index contributed by atoms with van der Waals surface area (Å²) in [6, 6.07) is 12.9. The molecule has 1 aliphatic heterocycles. The molecule has 2 aromatic carbocycles. The van der Waals surface area contributed by atoms with Gasteiger partial charge in [0.05, 0.1) is 18.6 Å². The number of methoxy groups -OCH3 is 1. The highest BCUT2D eigenvalue weighted by atomic mass is 32.2. The third kappa shape index (κ3) is 7.08. The van der Waals surface area contributed by atoms with Crippen molar-refractivity contribution in [3.63, 3.8) is 0 Å². The fourth-order valence-electron chi connectivity index (χ4n) is 3.85. The monoisotopic (exact) mass is 513 g/mol. The molecule has 2 aromatic rings. The molecule has 1 saturated heterocycles. The van der Waals surface area contributed by atoms with E-state index in [0.717, 1.165) is 30.2 Å². The molecular weight excluding hydrogens is 482 g/mol. The maximum atomic E-state index is 13.2. The zero-order chi connectivity index (χ0) is 25.2. The number of carboxylic acids is 1. The van der Waals surface area contributed by atoms with Crippen LogP contribution in [0.25, 0.3) is 6.08 Å². The second-order valence-electron chi connectivity index (χ2n) is 8.23. The Balaban J connectivity index is 1.70. The van der Waals surface area contributed by atoms with E-state index in [1.54, 1.807) is 49.6 Å². The molecule has 1 unspecified atom stereocenters. The van der Waals surface area contributed by atoms with E-state index in [2.05, 4.69) is 6.92 Å². The molecule has 35 heavy (non-hydrogen) atoms. The van der Waals surface area contributed by atoms with E-state index >= 15 is 0 Å². The number of thiocarbonyl (C=S) groups is 1. The Labute approximate surface area is 216 Å². The fraction of sp³-hybridized carbons (Fsp3) is 0.370. The zero-order valence-electron chi connectivity index (χ0n) is 20.1. The normalized spacial score (nSPS) is 15.5. The second-order valence-corrected chi connectivity index (χ2v) is 9.91. The molecule has 186 valence electrons. The second kappa shape index (κ2) is 13.3. The van der Waals surface area contributed by atoms with Crippen molar-refractivity contribution in [2.45, 2.75) is 51.5 Å². The lowest BCUT2D eigenvalue weighted by Crippen LogP contribution is -2.37. The van der Waals surface area contributed by atoms with E-state index in [-0.39, 0.29) is 4.32 Å². The van der Waals surface area contributed by atoms with Gasteiger partial charge in [-0.3, -0.25) is 9.69 Å². The summed E-state index contributed by atoms with van der Waals surface area (Å²) < 4.78 is 11.6. The molecule has 3 rings (SSSR count). The van der Waals surface area contributed by atoms with Crippen LogP contribution in [0.5, 0.6) is 11.5 Å². The number of ether oxygens (including phenoxy) is 2. The van der Waals surface area contributed by atoms with Crippen molar-refractivity contribution in [2.75, 3.05) is 13.7 Å². The molecule has 1 atom stereocenters. The fourth-order valence-corrected chi connectivity index (χ4v) is 5.16. The lowest BCUT2D eigenvalue weighted by atomic mass is 10.1. The smallest absolute Gasteiger partial charge is 0.331 e. The third-order valence-corrected chi connectivity index (χ3v) is 7.00. The molecular formula is C27H31NO5S2. The lowest BCUT2D eigenvalue weighted by Gasteiger charge is -2.23. The predicted octanol–water partition coefficient (Wildman–Crippen LogP) is 6.46. The maximum absolute atomic E-state index is 13.2. The van der Waals surface area contributed by atoms with Crippen LogP contribution in [0, 0.1) is 0 Å². The first-order chi connectivity index (χ1) is 17.0. The van der Waals surface area contributed by atoms with E-state index in [1.165, 1.54) is 30.6 Å². The number of thioether (sulfide) groups is 1. The number of rotatable bonds is 13. The standard InChI is InChI=1S/C27H31NO5S2/c1-3-4-5-6-7-11-16-33-21-15-14-19(17-22(21)32-2)18-23-25(29)28(27(34)35-23)24(26(30)31)20-12-9-8-10-13-20/h8-10,12-15,17-18,24H,3-7,11,16H2,1-2H3,(H,30,31). The Hall–Kier alpha value is -2.84. The lowest BCUT2D eigenvalue weighted by molar-refractivity contribution is -0.145. The summed E-state index contributed by atoms with van der Waals surface area (Å²) in [6.07, 6.45) is 8.82. The van der Waals surface area contributed by atoms with Crippen LogP contribution in [-0.2, 0) is 9.59 Å². The Morgan fingerprint density at radius 3 is 2.49 bits per heavy atom. The number of hydrogen-bond acceptors (Lipinski definition) is 6. The van der Waals surface area contributed by atoms with Gasteiger partial charge in [0.2, 0.25) is 0 Å². The Bertz CT molecular complexity index is 1070. The number of hydrogen-bond donors (Lipinski definition) is 1. The quantitative estimate of drug-likeness (QED) is 0.187. The van der Waals surface area contributed by atoms with Gasteiger partial charge in [0.1, 0.15) is 4.32 Å². The molecule has 0 saturated carbocycles. The molecule has 6 nitrogen and oxygen atoms in total. The molecule has 1 aliphatic rings. The SMILES string of the molecule is CCCCCCCCOc1ccc(C=C2SC(=S)N(C(C(=O)O)c3ccccc3)C2=O)cc1OC. The van der Waals surface area contributed by atoms with Crippen LogP contribution < -0.4 is 9.47 Å². The predicted molar refractivity (Wildman–Crippen MR) is 144 cm³/mol. The minimum atomic E-state index is -1.18. The molecule has 1 heterocycles. The summed E-state index contributed by atoms with van der Waals surface area (Å²) in [7, 11) is 1.58. The number of unbranched alkanes of at least 4 members (excludes halogenated alkanes) is 5. The van der Waals surface area contributed by atoms with Crippen LogP contribution in [0.1, 0.15) is 62.6 Å². The van der Waals surface area contributed by atoms with Gasteiger partial charge >= 0.3 is 5.97 Å². The van der Waals surface area contributed by atoms with Gasteiger partial charge in [-0.2, -0.15) is 0 Å². The van der Waals surface area contributed by atoms with Crippen molar-refractivity contribution in [1.29, 1.82) is 0 Å². The third-order valence-electron chi connectivity index (χ3n) is 5.67. The van der Waals surface area contributed by atoms with Gasteiger partial charge in [0, 0.05) is 0 Å². The van der Waals surface area contributed by atoms with E-state index < -0.39 is 17.9 Å². The van der Waals surface area contributed by atoms with Crippen LogP contribution in [0.3, 0.4) is 0 Å². The molecule has 0 aromatic heterocycles. The van der Waals surface area contributed by atoms with E-state index in [4.69, 9.17) is 21.7 Å². The summed E-state index contributed by atoms with van der Waals surface area (Å²) in [4.78, 5) is 26.7. The molecule has 8 heteroatoms. The Kier molecular flexibility index (Phi) is 10.2. The average Bonchev–Trinajstić information content (AvgIpc) is 3.12. The van der Waals surface area contributed by atoms with Crippen LogP contribution in [0.4, 0.5) is 0 Å². The van der Waals surface area contributed by atoms with Crippen molar-refractivity contribution in [3.8, 4) is 11.5 Å². The van der Waals surface area contributed by atoms with Crippen LogP contribution in [-0.4, -0.2) is 39.9 Å². The van der Waals surface area contributed by atoms with Gasteiger partial charge in [-0.1, -0.05) is 99.4 Å². The van der Waals surface area contributed by atoms with E-state index in [9.17, 15) is 14.7 Å². The number of carboxylic acid groups (broad SMARTS) is 1. The minimum absolute atomic E-state index is 0.211. The van der Waals surface area contributed by atoms with Crippen LogP contribution in [0.2, 0.25) is 0 Å². The highest BCUT2D eigenvalue weighted by molar-refractivity contribution is 8.26. The molecule has 0 aliphatic carbocycles. The summed E-state index contributed by atoms with van der Waals surface area (Å²) in [5, 5.41) is 9.83. The van der Waals surface area contributed by atoms with Crippen LogP contribution in [0.15, 0.2) is 53.4 Å². The zero-order valence-corrected chi connectivity index (χ0v) is 21.7. The number of benzene rings is 2. The first-order valence-corrected chi connectivity index (χ1v) is 13.0. The number of nitrogens with zero attached hydrogens (tertiary/aromatic N) is 1. The van der Waals surface area contributed by atoms with Crippen molar-refractivity contribution in [2.24, 2.45) is 0 Å². The number of amides is 1. The van der Waals surface area contributed by atoms with Gasteiger partial charge in [-0.15, -0.1) is 0 Å². The largest absolute Gasteiger partial charge is 0.493 e. The van der Waals surface area contributed by atoms with Gasteiger partial charge < -0.3 is 14.6 Å². The molecule has 0 bridgehead atoms. The van der Waals surface area contributed by atoms with E-state index in [1.807, 2.05) is 12.1 Å². The summed E-state index contributed by atoms with van der Waals surface area (Å²) in [5.41, 5.74) is 1.23. The van der Waals surface area contributed by atoms with Crippen molar-refractivity contribution in [3.05, 3.63) is 64.6 Å². The Morgan fingerprint density at radius 1 is 1.09 bits per heavy atom. The van der Waals surface area contributed by atoms with Crippen molar-refractivity contribution >= 4 is 46.3 Å². The van der Waals surface area contributed by atoms with Gasteiger partial charge in [0.15, 0.2) is 17.5 Å². The maximum Gasteiger partial charge on any atom is 0.331 e. The Morgan fingerprint density at radius 2 is 1.80 bits per heavy atom. The number of carbonyl (C=O) groups is 2. The average molecular weight is 514 g/mol. The summed E-state index contributed by atoms with van der Waals surface area (Å²) >= 11 is 6.48. The molecule has 0 radical (unpaired) electrons. The van der Waals surface area contributed by atoms with Crippen molar-refractivity contribution < 1.29 is 24.2 Å². The summed E-state index contributed by atoms with van der Waals surface area (Å²) in [6.45, 7) is 2.83. The number of aliphatic carboxylic acids is 1. The van der Waals surface area contributed by atoms with Gasteiger partial charge in [-0.25, -0.2) is 4.79 Å². The molecule has 1 amide bonds. The molecule has 1 N–H and O–H groups in total. The summed E-state index contributed by atoms with van der Waals surface area (Å²) in [5.74, 6) is -0.338. The highest BCUT2D eigenvalue weighted by Gasteiger charge is 2.41. The molecule has 1 fully saturated rings. The van der Waals surface area contributed by atoms with Crippen LogP contribution >= 0.6 is 24.0 Å². The van der Waals surface area contributed by atoms with E-state index in [0.29, 0.717) is 28.6 Å². The first kappa shape index (κ1) is 26.8.